The molecule has 4 heteroatoms. The smallest absolute Gasteiger partial charge is 0.170 e. The molecule has 3 N–H and O–H groups in total. The van der Waals surface area contributed by atoms with Crippen LogP contribution in [0.1, 0.15) is 50.2 Å². The summed E-state index contributed by atoms with van der Waals surface area (Å²) in [6, 6.07) is 8.69. The molecule has 2 rings (SSSR count). The molecular formula is C16H25N3O. The van der Waals surface area contributed by atoms with Gasteiger partial charge in [0.1, 0.15) is 0 Å². The van der Waals surface area contributed by atoms with Crippen molar-refractivity contribution < 1.29 is 5.21 Å². The molecule has 1 heterocycles. The van der Waals surface area contributed by atoms with Crippen LogP contribution in [0.4, 0.5) is 0 Å². The van der Waals surface area contributed by atoms with Gasteiger partial charge < -0.3 is 10.9 Å². The second-order valence-corrected chi connectivity index (χ2v) is 5.59. The van der Waals surface area contributed by atoms with Crippen LogP contribution in [0, 0.1) is 0 Å². The highest BCUT2D eigenvalue weighted by molar-refractivity contribution is 5.97. The van der Waals surface area contributed by atoms with Crippen molar-refractivity contribution in [2.24, 2.45) is 10.9 Å². The number of nitrogens with zero attached hydrogens (tertiary/aromatic N) is 2. The average molecular weight is 275 g/mol. The third-order valence-corrected chi connectivity index (χ3v) is 4.09. The van der Waals surface area contributed by atoms with Gasteiger partial charge in [-0.2, -0.15) is 0 Å². The summed E-state index contributed by atoms with van der Waals surface area (Å²) in [7, 11) is 0. The molecule has 0 saturated carbocycles. The Kier molecular flexibility index (Phi) is 5.41. The molecule has 0 spiro atoms. The van der Waals surface area contributed by atoms with Gasteiger partial charge in [-0.05, 0) is 37.4 Å². The van der Waals surface area contributed by atoms with E-state index in [1.807, 2.05) is 18.2 Å². The standard InChI is InChI=1S/C16H25N3O/c1-2-6-15-9-3-4-10-19(15)12-13-7-5-8-14(11-13)16(17)18-20/h5,7-8,11,15,20H,2-4,6,9-10,12H2,1H3,(H2,17,18). The van der Waals surface area contributed by atoms with E-state index in [1.54, 1.807) is 0 Å². The second-order valence-electron chi connectivity index (χ2n) is 5.59. The fourth-order valence-electron chi connectivity index (χ4n) is 3.05. The van der Waals surface area contributed by atoms with Gasteiger partial charge in [0.15, 0.2) is 5.84 Å². The van der Waals surface area contributed by atoms with E-state index in [-0.39, 0.29) is 5.84 Å². The quantitative estimate of drug-likeness (QED) is 0.376. The number of rotatable bonds is 5. The SMILES string of the molecule is CCCC1CCCCN1Cc1cccc(/C(N)=N/O)c1. The van der Waals surface area contributed by atoms with Crippen LogP contribution in [-0.2, 0) is 6.54 Å². The van der Waals surface area contributed by atoms with Crippen LogP contribution in [0.2, 0.25) is 0 Å². The van der Waals surface area contributed by atoms with Crippen molar-refractivity contribution >= 4 is 5.84 Å². The molecule has 1 aliphatic rings. The van der Waals surface area contributed by atoms with Crippen LogP contribution in [0.5, 0.6) is 0 Å². The van der Waals surface area contributed by atoms with Crippen LogP contribution in [0.15, 0.2) is 29.4 Å². The summed E-state index contributed by atoms with van der Waals surface area (Å²) in [4.78, 5) is 2.58. The lowest BCUT2D eigenvalue weighted by atomic mass is 9.97. The van der Waals surface area contributed by atoms with Gasteiger partial charge >= 0.3 is 0 Å². The lowest BCUT2D eigenvalue weighted by molar-refractivity contribution is 0.131. The number of oxime groups is 1. The molecular weight excluding hydrogens is 250 g/mol. The van der Waals surface area contributed by atoms with Crippen molar-refractivity contribution in [3.05, 3.63) is 35.4 Å². The fraction of sp³-hybridized carbons (Fsp3) is 0.562. The minimum absolute atomic E-state index is 0.176. The first kappa shape index (κ1) is 14.9. The molecule has 20 heavy (non-hydrogen) atoms. The Labute approximate surface area is 121 Å². The van der Waals surface area contributed by atoms with E-state index >= 15 is 0 Å². The highest BCUT2D eigenvalue weighted by Gasteiger charge is 2.21. The first-order valence-electron chi connectivity index (χ1n) is 7.55. The Morgan fingerprint density at radius 2 is 2.30 bits per heavy atom. The third-order valence-electron chi connectivity index (χ3n) is 4.09. The molecule has 0 radical (unpaired) electrons. The van der Waals surface area contributed by atoms with E-state index in [4.69, 9.17) is 10.9 Å². The molecule has 110 valence electrons. The molecule has 1 aromatic rings. The Bertz CT molecular complexity index is 457. The molecule has 1 aliphatic heterocycles. The van der Waals surface area contributed by atoms with Gasteiger partial charge in [-0.1, -0.05) is 43.1 Å². The van der Waals surface area contributed by atoms with Crippen molar-refractivity contribution in [1.82, 2.24) is 4.90 Å². The maximum absolute atomic E-state index is 8.77. The van der Waals surface area contributed by atoms with Gasteiger partial charge in [0, 0.05) is 18.2 Å². The zero-order chi connectivity index (χ0) is 14.4. The molecule has 1 atom stereocenters. The van der Waals surface area contributed by atoms with Gasteiger partial charge in [0.2, 0.25) is 0 Å². The van der Waals surface area contributed by atoms with E-state index in [0.717, 1.165) is 12.1 Å². The van der Waals surface area contributed by atoms with Crippen molar-refractivity contribution in [2.75, 3.05) is 6.54 Å². The topological polar surface area (TPSA) is 61.8 Å². The molecule has 1 unspecified atom stereocenters. The van der Waals surface area contributed by atoms with E-state index in [9.17, 15) is 0 Å². The van der Waals surface area contributed by atoms with Crippen molar-refractivity contribution in [3.8, 4) is 0 Å². The Morgan fingerprint density at radius 3 is 3.05 bits per heavy atom. The number of benzene rings is 1. The summed E-state index contributed by atoms with van der Waals surface area (Å²) in [6.07, 6.45) is 6.48. The number of nitrogens with two attached hydrogens (primary N) is 1. The maximum atomic E-state index is 8.77. The number of hydrogen-bond donors (Lipinski definition) is 2. The molecule has 0 bridgehead atoms. The first-order valence-corrected chi connectivity index (χ1v) is 7.55. The number of hydrogen-bond acceptors (Lipinski definition) is 3. The van der Waals surface area contributed by atoms with Crippen molar-refractivity contribution in [1.29, 1.82) is 0 Å². The minimum atomic E-state index is 0.176. The predicted octanol–water partition coefficient (Wildman–Crippen LogP) is 2.94. The first-order chi connectivity index (χ1) is 9.74. The van der Waals surface area contributed by atoms with Crippen molar-refractivity contribution in [2.45, 2.75) is 51.6 Å². The summed E-state index contributed by atoms with van der Waals surface area (Å²) in [5.41, 5.74) is 7.68. The Morgan fingerprint density at radius 1 is 1.45 bits per heavy atom. The molecule has 4 nitrogen and oxygen atoms in total. The summed E-state index contributed by atoms with van der Waals surface area (Å²) < 4.78 is 0. The molecule has 1 aromatic carbocycles. The van der Waals surface area contributed by atoms with Gasteiger partial charge in [-0.25, -0.2) is 0 Å². The molecule has 1 fully saturated rings. The zero-order valence-corrected chi connectivity index (χ0v) is 12.3. The Hall–Kier alpha value is -1.55. The van der Waals surface area contributed by atoms with Gasteiger partial charge in [-0.15, -0.1) is 0 Å². The van der Waals surface area contributed by atoms with E-state index in [1.165, 1.54) is 44.2 Å². The number of likely N-dealkylation sites (tertiary alicyclic amines) is 1. The van der Waals surface area contributed by atoms with E-state index < -0.39 is 0 Å². The van der Waals surface area contributed by atoms with Gasteiger partial charge in [0.05, 0.1) is 0 Å². The van der Waals surface area contributed by atoms with Crippen LogP contribution >= 0.6 is 0 Å². The van der Waals surface area contributed by atoms with Gasteiger partial charge in [-0.3, -0.25) is 4.90 Å². The third kappa shape index (κ3) is 3.73. The monoisotopic (exact) mass is 275 g/mol. The summed E-state index contributed by atoms with van der Waals surface area (Å²) in [5, 5.41) is 11.8. The highest BCUT2D eigenvalue weighted by Crippen LogP contribution is 2.23. The second kappa shape index (κ2) is 7.29. The molecule has 0 aromatic heterocycles. The maximum Gasteiger partial charge on any atom is 0.170 e. The number of amidine groups is 1. The van der Waals surface area contributed by atoms with E-state index in [2.05, 4.69) is 23.0 Å². The van der Waals surface area contributed by atoms with Crippen LogP contribution in [0.25, 0.3) is 0 Å². The molecule has 0 aliphatic carbocycles. The average Bonchev–Trinajstić information content (AvgIpc) is 2.49. The van der Waals surface area contributed by atoms with Gasteiger partial charge in [0.25, 0.3) is 0 Å². The van der Waals surface area contributed by atoms with E-state index in [0.29, 0.717) is 6.04 Å². The van der Waals surface area contributed by atoms with Crippen LogP contribution in [-0.4, -0.2) is 28.5 Å². The predicted molar refractivity (Wildman–Crippen MR) is 81.9 cm³/mol. The van der Waals surface area contributed by atoms with Crippen LogP contribution in [0.3, 0.4) is 0 Å². The highest BCUT2D eigenvalue weighted by atomic mass is 16.4. The van der Waals surface area contributed by atoms with Crippen LogP contribution < -0.4 is 5.73 Å². The lowest BCUT2D eigenvalue weighted by Gasteiger charge is -2.35. The Balaban J connectivity index is 2.08. The summed E-state index contributed by atoms with van der Waals surface area (Å²) in [5.74, 6) is 0.176. The summed E-state index contributed by atoms with van der Waals surface area (Å²) in [6.45, 7) is 4.39. The normalized spacial score (nSPS) is 21.1. The largest absolute Gasteiger partial charge is 0.409 e. The molecule has 1 saturated heterocycles. The molecule has 0 amide bonds. The van der Waals surface area contributed by atoms with Crippen molar-refractivity contribution in [3.63, 3.8) is 0 Å². The fourth-order valence-corrected chi connectivity index (χ4v) is 3.05. The number of piperidine rings is 1. The minimum Gasteiger partial charge on any atom is -0.409 e. The lowest BCUT2D eigenvalue weighted by Crippen LogP contribution is -2.38. The summed E-state index contributed by atoms with van der Waals surface area (Å²) >= 11 is 0. The zero-order valence-electron chi connectivity index (χ0n) is 12.3.